The summed E-state index contributed by atoms with van der Waals surface area (Å²) in [5.74, 6) is -1.05. The molecule has 6 nitrogen and oxygen atoms in total. The zero-order valence-corrected chi connectivity index (χ0v) is 11.3. The summed E-state index contributed by atoms with van der Waals surface area (Å²) in [6.45, 7) is 4.58. The van der Waals surface area contributed by atoms with E-state index in [1.165, 1.54) is 0 Å². The minimum absolute atomic E-state index is 0.108. The molecule has 2 N–H and O–H groups in total. The van der Waals surface area contributed by atoms with E-state index in [-0.39, 0.29) is 11.4 Å². The summed E-state index contributed by atoms with van der Waals surface area (Å²) < 4.78 is 5.13. The SMILES string of the molecule is CC(C)(C)OC(=O)/C(C#N)=C1\CCC(C(=O)CO)N1. The van der Waals surface area contributed by atoms with Crippen LogP contribution in [-0.2, 0) is 14.3 Å². The van der Waals surface area contributed by atoms with E-state index in [9.17, 15) is 9.59 Å². The molecule has 19 heavy (non-hydrogen) atoms. The van der Waals surface area contributed by atoms with Crippen LogP contribution in [0.4, 0.5) is 0 Å². The van der Waals surface area contributed by atoms with Gasteiger partial charge in [0.05, 0.1) is 6.04 Å². The van der Waals surface area contributed by atoms with Gasteiger partial charge in [-0.2, -0.15) is 5.26 Å². The molecule has 0 aromatic carbocycles. The van der Waals surface area contributed by atoms with Crippen molar-refractivity contribution in [2.24, 2.45) is 0 Å². The molecule has 0 aliphatic carbocycles. The molecule has 0 aromatic heterocycles. The molecule has 1 fully saturated rings. The van der Waals surface area contributed by atoms with Gasteiger partial charge in [-0.1, -0.05) is 0 Å². The minimum atomic E-state index is -0.699. The van der Waals surface area contributed by atoms with Crippen LogP contribution in [-0.4, -0.2) is 35.1 Å². The Labute approximate surface area is 112 Å². The Bertz CT molecular complexity index is 454. The highest BCUT2D eigenvalue weighted by atomic mass is 16.6. The van der Waals surface area contributed by atoms with Gasteiger partial charge in [0.2, 0.25) is 0 Å². The lowest BCUT2D eigenvalue weighted by Crippen LogP contribution is -2.33. The highest BCUT2D eigenvalue weighted by Crippen LogP contribution is 2.21. The summed E-state index contributed by atoms with van der Waals surface area (Å²) in [4.78, 5) is 23.2. The molecule has 0 bridgehead atoms. The quantitative estimate of drug-likeness (QED) is 0.436. The molecule has 0 amide bonds. The van der Waals surface area contributed by atoms with E-state index < -0.39 is 24.2 Å². The van der Waals surface area contributed by atoms with E-state index in [2.05, 4.69) is 5.32 Å². The van der Waals surface area contributed by atoms with Gasteiger partial charge in [-0.3, -0.25) is 4.79 Å². The Kier molecular flexibility index (Phi) is 4.67. The second-order valence-electron chi connectivity index (χ2n) is 5.33. The summed E-state index contributed by atoms with van der Waals surface area (Å²) in [7, 11) is 0. The predicted octanol–water partition coefficient (Wildman–Crippen LogP) is 0.419. The third kappa shape index (κ3) is 4.07. The number of esters is 1. The first kappa shape index (κ1) is 15.2. The number of nitrogens with one attached hydrogen (secondary N) is 1. The smallest absolute Gasteiger partial charge is 0.351 e. The molecule has 0 aromatic rings. The number of ketones is 1. The Morgan fingerprint density at radius 2 is 2.16 bits per heavy atom. The lowest BCUT2D eigenvalue weighted by Gasteiger charge is -2.19. The molecule has 1 heterocycles. The van der Waals surface area contributed by atoms with Crippen molar-refractivity contribution in [3.05, 3.63) is 11.3 Å². The molecule has 104 valence electrons. The largest absolute Gasteiger partial charge is 0.456 e. The summed E-state index contributed by atoms with van der Waals surface area (Å²) in [5.41, 5.74) is -0.384. The Hall–Kier alpha value is -1.87. The van der Waals surface area contributed by atoms with E-state index in [4.69, 9.17) is 15.1 Å². The van der Waals surface area contributed by atoms with Crippen LogP contribution in [0.2, 0.25) is 0 Å². The van der Waals surface area contributed by atoms with E-state index >= 15 is 0 Å². The summed E-state index contributed by atoms with van der Waals surface area (Å²) in [6.07, 6.45) is 0.876. The number of hydrogen-bond acceptors (Lipinski definition) is 6. The van der Waals surface area contributed by atoms with Crippen molar-refractivity contribution >= 4 is 11.8 Å². The van der Waals surface area contributed by atoms with Crippen LogP contribution in [0.1, 0.15) is 33.6 Å². The van der Waals surface area contributed by atoms with E-state index in [1.807, 2.05) is 6.07 Å². The zero-order chi connectivity index (χ0) is 14.6. The Morgan fingerprint density at radius 1 is 1.53 bits per heavy atom. The molecule has 1 unspecified atom stereocenters. The van der Waals surface area contributed by atoms with E-state index in [1.54, 1.807) is 20.8 Å². The number of rotatable bonds is 3. The number of carbonyl (C=O) groups is 2. The molecule has 0 radical (unpaired) electrons. The first-order valence-electron chi connectivity index (χ1n) is 6.05. The topological polar surface area (TPSA) is 99.4 Å². The third-order valence-electron chi connectivity index (χ3n) is 2.59. The number of nitriles is 1. The normalized spacial score (nSPS) is 21.3. The van der Waals surface area contributed by atoms with Gasteiger partial charge in [0, 0.05) is 5.70 Å². The van der Waals surface area contributed by atoms with Gasteiger partial charge in [-0.15, -0.1) is 0 Å². The standard InChI is InChI=1S/C13H18N2O4/c1-13(2,3)19-12(18)8(6-14)9-4-5-10(15-9)11(17)7-16/h10,15-16H,4-5,7H2,1-3H3/b9-8+. The number of aliphatic hydroxyl groups excluding tert-OH is 1. The molecule has 1 atom stereocenters. The molecular formula is C13H18N2O4. The number of hydrogen-bond donors (Lipinski definition) is 2. The van der Waals surface area contributed by atoms with E-state index in [0.717, 1.165) is 0 Å². The highest BCUT2D eigenvalue weighted by Gasteiger charge is 2.30. The van der Waals surface area contributed by atoms with Gasteiger partial charge >= 0.3 is 5.97 Å². The van der Waals surface area contributed by atoms with Crippen LogP contribution >= 0.6 is 0 Å². The average Bonchev–Trinajstić information content (AvgIpc) is 2.76. The molecule has 1 rings (SSSR count). The van der Waals surface area contributed by atoms with Crippen LogP contribution < -0.4 is 5.32 Å². The Balaban J connectivity index is 2.86. The number of aliphatic hydroxyl groups is 1. The first-order valence-corrected chi connectivity index (χ1v) is 6.05. The maximum absolute atomic E-state index is 11.8. The lowest BCUT2D eigenvalue weighted by molar-refractivity contribution is -0.149. The number of carbonyl (C=O) groups excluding carboxylic acids is 2. The Morgan fingerprint density at radius 3 is 2.63 bits per heavy atom. The molecule has 1 saturated heterocycles. The van der Waals surface area contributed by atoms with Crippen molar-refractivity contribution < 1.29 is 19.4 Å². The van der Waals surface area contributed by atoms with Crippen molar-refractivity contribution in [3.63, 3.8) is 0 Å². The van der Waals surface area contributed by atoms with Crippen molar-refractivity contribution in [2.75, 3.05) is 6.61 Å². The molecule has 1 aliphatic heterocycles. The fourth-order valence-corrected chi connectivity index (χ4v) is 1.76. The van der Waals surface area contributed by atoms with Crippen LogP contribution in [0, 0.1) is 11.3 Å². The summed E-state index contributed by atoms with van der Waals surface area (Å²) in [5, 5.41) is 20.6. The molecule has 0 saturated carbocycles. The van der Waals surface area contributed by atoms with E-state index in [0.29, 0.717) is 18.5 Å². The number of Topliss-reactive ketones (excluding diaryl/α,β-unsaturated/α-hetero) is 1. The maximum atomic E-state index is 11.8. The van der Waals surface area contributed by atoms with Crippen LogP contribution in [0.3, 0.4) is 0 Å². The monoisotopic (exact) mass is 266 g/mol. The van der Waals surface area contributed by atoms with Gasteiger partial charge in [-0.25, -0.2) is 4.79 Å². The number of ether oxygens (including phenoxy) is 1. The molecule has 0 spiro atoms. The minimum Gasteiger partial charge on any atom is -0.456 e. The van der Waals surface area contributed by atoms with Gasteiger partial charge < -0.3 is 15.2 Å². The molecular weight excluding hydrogens is 248 g/mol. The zero-order valence-electron chi connectivity index (χ0n) is 11.3. The van der Waals surface area contributed by atoms with Crippen molar-refractivity contribution in [1.29, 1.82) is 5.26 Å². The predicted molar refractivity (Wildman–Crippen MR) is 66.7 cm³/mol. The van der Waals surface area contributed by atoms with Crippen molar-refractivity contribution in [3.8, 4) is 6.07 Å². The average molecular weight is 266 g/mol. The third-order valence-corrected chi connectivity index (χ3v) is 2.59. The fraction of sp³-hybridized carbons (Fsp3) is 0.615. The van der Waals surface area contributed by atoms with Crippen LogP contribution in [0.25, 0.3) is 0 Å². The fourth-order valence-electron chi connectivity index (χ4n) is 1.76. The summed E-state index contributed by atoms with van der Waals surface area (Å²) in [6, 6.07) is 1.28. The maximum Gasteiger partial charge on any atom is 0.351 e. The first-order chi connectivity index (χ1) is 8.78. The highest BCUT2D eigenvalue weighted by molar-refractivity contribution is 5.94. The number of allylic oxidation sites excluding steroid dienone is 1. The second-order valence-corrected chi connectivity index (χ2v) is 5.33. The number of nitrogens with zero attached hydrogens (tertiary/aromatic N) is 1. The van der Waals surface area contributed by atoms with Gasteiger partial charge in [0.1, 0.15) is 18.3 Å². The van der Waals surface area contributed by atoms with Crippen molar-refractivity contribution in [1.82, 2.24) is 5.32 Å². The van der Waals surface area contributed by atoms with Gasteiger partial charge in [0.15, 0.2) is 11.4 Å². The second kappa shape index (κ2) is 5.85. The van der Waals surface area contributed by atoms with Gasteiger partial charge in [-0.05, 0) is 33.6 Å². The summed E-state index contributed by atoms with van der Waals surface area (Å²) >= 11 is 0. The lowest BCUT2D eigenvalue weighted by atomic mass is 10.1. The van der Waals surface area contributed by atoms with Gasteiger partial charge in [0.25, 0.3) is 0 Å². The van der Waals surface area contributed by atoms with Crippen molar-refractivity contribution in [2.45, 2.75) is 45.3 Å². The molecule has 1 aliphatic rings. The van der Waals surface area contributed by atoms with Crippen LogP contribution in [0.5, 0.6) is 0 Å². The molecule has 6 heteroatoms. The van der Waals surface area contributed by atoms with Crippen LogP contribution in [0.15, 0.2) is 11.3 Å².